The number of hydrogen-bond donors (Lipinski definition) is 2. The number of nitrogens with zero attached hydrogens (tertiary/aromatic N) is 2. The second kappa shape index (κ2) is 10.0. The Morgan fingerprint density at radius 3 is 2.67 bits per heavy atom. The van der Waals surface area contributed by atoms with Gasteiger partial charge >= 0.3 is 0 Å². The molecule has 1 heterocycles. The molecule has 5 nitrogen and oxygen atoms in total. The largest absolute Gasteiger partial charge is 0.378 e. The van der Waals surface area contributed by atoms with Crippen molar-refractivity contribution >= 4 is 52.9 Å². The predicted octanol–water partition coefficient (Wildman–Crippen LogP) is 4.00. The van der Waals surface area contributed by atoms with E-state index in [0.717, 1.165) is 42.5 Å². The first-order chi connectivity index (χ1) is 12.5. The summed E-state index contributed by atoms with van der Waals surface area (Å²) in [6.45, 7) is 3.13. The van der Waals surface area contributed by atoms with E-state index in [4.69, 9.17) is 22.1 Å². The Bertz CT molecular complexity index is 816. The molecule has 1 aliphatic rings. The molecule has 0 amide bonds. The predicted molar refractivity (Wildman–Crippen MR) is 115 cm³/mol. The minimum absolute atomic E-state index is 0. The Morgan fingerprint density at radius 1 is 1.19 bits per heavy atom. The lowest BCUT2D eigenvalue weighted by atomic mass is 10.1. The molecule has 3 rings (SSSR count). The summed E-state index contributed by atoms with van der Waals surface area (Å²) >= 11 is 6.11. The molecule has 3 N–H and O–H groups in total. The van der Waals surface area contributed by atoms with Crippen molar-refractivity contribution in [2.24, 2.45) is 10.7 Å². The third-order valence-corrected chi connectivity index (χ3v) is 4.24. The van der Waals surface area contributed by atoms with Crippen LogP contribution in [0, 0.1) is 11.6 Å². The molecule has 0 unspecified atom stereocenters. The van der Waals surface area contributed by atoms with Gasteiger partial charge in [0.25, 0.3) is 0 Å². The molecular weight excluding hydrogens is 489 g/mol. The van der Waals surface area contributed by atoms with E-state index in [2.05, 4.69) is 15.2 Å². The second-order valence-electron chi connectivity index (χ2n) is 5.82. The van der Waals surface area contributed by atoms with E-state index in [1.165, 1.54) is 0 Å². The number of morpholine rings is 1. The fraction of sp³-hybridized carbons (Fsp3) is 0.278. The van der Waals surface area contributed by atoms with E-state index >= 15 is 0 Å². The number of aliphatic imine (C=N–C) groups is 1. The average molecular weight is 509 g/mol. The molecule has 0 bridgehead atoms. The van der Waals surface area contributed by atoms with E-state index in [9.17, 15) is 8.78 Å². The molecule has 0 aromatic heterocycles. The quantitative estimate of drug-likeness (QED) is 0.372. The summed E-state index contributed by atoms with van der Waals surface area (Å²) in [5, 5.41) is 3.17. The first kappa shape index (κ1) is 21.6. The van der Waals surface area contributed by atoms with Gasteiger partial charge < -0.3 is 20.7 Å². The Balaban J connectivity index is 0.00000261. The summed E-state index contributed by atoms with van der Waals surface area (Å²) in [6, 6.07) is 8.67. The number of nitrogens with two attached hydrogens (primary N) is 1. The number of rotatable bonds is 4. The third kappa shape index (κ3) is 5.91. The van der Waals surface area contributed by atoms with Crippen molar-refractivity contribution in [1.82, 2.24) is 0 Å². The van der Waals surface area contributed by atoms with Gasteiger partial charge in [0.15, 0.2) is 5.96 Å². The van der Waals surface area contributed by atoms with Crippen molar-refractivity contribution < 1.29 is 13.5 Å². The summed E-state index contributed by atoms with van der Waals surface area (Å²) in [5.74, 6) is -1.19. The summed E-state index contributed by atoms with van der Waals surface area (Å²) in [4.78, 5) is 6.43. The van der Waals surface area contributed by atoms with E-state index in [1.54, 1.807) is 0 Å². The average Bonchev–Trinajstić information content (AvgIpc) is 2.64. The number of nitrogens with one attached hydrogen (secondary N) is 1. The second-order valence-corrected chi connectivity index (χ2v) is 6.26. The zero-order valence-corrected chi connectivity index (χ0v) is 17.5. The minimum atomic E-state index is -0.610. The fourth-order valence-electron chi connectivity index (χ4n) is 2.73. The molecular formula is C18H20ClF2IN4O. The van der Waals surface area contributed by atoms with Crippen molar-refractivity contribution in [2.45, 2.75) is 6.54 Å². The maximum absolute atomic E-state index is 13.7. The number of ether oxygens (including phenoxy) is 1. The van der Waals surface area contributed by atoms with Gasteiger partial charge in [-0.2, -0.15) is 0 Å². The van der Waals surface area contributed by atoms with Gasteiger partial charge in [0.1, 0.15) is 11.6 Å². The number of halogens is 4. The molecule has 0 radical (unpaired) electrons. The highest BCUT2D eigenvalue weighted by molar-refractivity contribution is 14.0. The van der Waals surface area contributed by atoms with Crippen molar-refractivity contribution in [1.29, 1.82) is 0 Å². The summed E-state index contributed by atoms with van der Waals surface area (Å²) < 4.78 is 32.3. The van der Waals surface area contributed by atoms with Crippen LogP contribution in [0.25, 0.3) is 0 Å². The van der Waals surface area contributed by atoms with Gasteiger partial charge in [0.2, 0.25) is 0 Å². The van der Waals surface area contributed by atoms with Gasteiger partial charge in [-0.05, 0) is 35.9 Å². The van der Waals surface area contributed by atoms with Crippen LogP contribution in [-0.2, 0) is 11.3 Å². The molecule has 0 aliphatic carbocycles. The van der Waals surface area contributed by atoms with Gasteiger partial charge in [-0.25, -0.2) is 13.8 Å². The van der Waals surface area contributed by atoms with Crippen LogP contribution in [-0.4, -0.2) is 32.3 Å². The zero-order chi connectivity index (χ0) is 18.5. The molecule has 2 aromatic rings. The van der Waals surface area contributed by atoms with Gasteiger partial charge in [-0.1, -0.05) is 11.6 Å². The Labute approximate surface area is 178 Å². The lowest BCUT2D eigenvalue weighted by Gasteiger charge is -2.30. The van der Waals surface area contributed by atoms with Crippen molar-refractivity contribution in [3.05, 3.63) is 58.6 Å². The Morgan fingerprint density at radius 2 is 1.93 bits per heavy atom. The number of anilines is 2. The van der Waals surface area contributed by atoms with Gasteiger partial charge in [-0.3, -0.25) is 0 Å². The molecule has 146 valence electrons. The molecule has 1 fully saturated rings. The van der Waals surface area contributed by atoms with Crippen LogP contribution in [0.5, 0.6) is 0 Å². The first-order valence-electron chi connectivity index (χ1n) is 8.16. The lowest BCUT2D eigenvalue weighted by molar-refractivity contribution is 0.122. The molecule has 9 heteroatoms. The Hall–Kier alpha value is -1.65. The van der Waals surface area contributed by atoms with E-state index in [0.29, 0.717) is 18.2 Å². The Kier molecular flexibility index (Phi) is 8.06. The topological polar surface area (TPSA) is 62.9 Å². The highest BCUT2D eigenvalue weighted by atomic mass is 127. The molecule has 0 atom stereocenters. The van der Waals surface area contributed by atoms with Crippen LogP contribution in [0.2, 0.25) is 5.02 Å². The van der Waals surface area contributed by atoms with Crippen LogP contribution >= 0.6 is 35.6 Å². The third-order valence-electron chi connectivity index (χ3n) is 4.00. The van der Waals surface area contributed by atoms with Gasteiger partial charge in [0.05, 0.1) is 25.4 Å². The van der Waals surface area contributed by atoms with E-state index < -0.39 is 11.6 Å². The van der Waals surface area contributed by atoms with E-state index in [-0.39, 0.29) is 42.2 Å². The van der Waals surface area contributed by atoms with Crippen LogP contribution in [0.3, 0.4) is 0 Å². The monoisotopic (exact) mass is 508 g/mol. The lowest BCUT2D eigenvalue weighted by Crippen LogP contribution is -2.36. The van der Waals surface area contributed by atoms with Gasteiger partial charge in [0, 0.05) is 29.9 Å². The van der Waals surface area contributed by atoms with Crippen LogP contribution in [0.15, 0.2) is 41.4 Å². The minimum Gasteiger partial charge on any atom is -0.378 e. The van der Waals surface area contributed by atoms with E-state index in [1.807, 2.05) is 18.2 Å². The smallest absolute Gasteiger partial charge is 0.193 e. The maximum atomic E-state index is 13.7. The van der Waals surface area contributed by atoms with Crippen LogP contribution in [0.4, 0.5) is 20.2 Å². The molecule has 1 saturated heterocycles. The molecule has 2 aromatic carbocycles. The summed E-state index contributed by atoms with van der Waals surface area (Å²) in [7, 11) is 0. The molecule has 1 aliphatic heterocycles. The number of hydrogen-bond acceptors (Lipinski definition) is 3. The van der Waals surface area contributed by atoms with Crippen LogP contribution < -0.4 is 16.0 Å². The fourth-order valence-corrected chi connectivity index (χ4v) is 2.93. The van der Waals surface area contributed by atoms with Crippen LogP contribution in [0.1, 0.15) is 5.56 Å². The molecule has 0 spiro atoms. The maximum Gasteiger partial charge on any atom is 0.193 e. The first-order valence-corrected chi connectivity index (χ1v) is 8.54. The highest BCUT2D eigenvalue weighted by Gasteiger charge is 2.15. The normalized spacial score (nSPS) is 14.6. The molecule has 0 saturated carbocycles. The van der Waals surface area contributed by atoms with Crippen molar-refractivity contribution in [3.8, 4) is 0 Å². The van der Waals surface area contributed by atoms with Gasteiger partial charge in [-0.15, -0.1) is 24.0 Å². The standard InChI is InChI=1S/C18H19ClF2N4O.HI/c19-13-1-4-17(25-5-7-26-8-6-25)12(9-13)11-23-18(22)24-16-10-14(20)2-3-15(16)21;/h1-4,9-10H,5-8,11H2,(H3,22,23,24);1H. The highest BCUT2D eigenvalue weighted by Crippen LogP contribution is 2.26. The zero-order valence-electron chi connectivity index (χ0n) is 14.4. The summed E-state index contributed by atoms with van der Waals surface area (Å²) in [5.41, 5.74) is 7.66. The number of guanidine groups is 1. The van der Waals surface area contributed by atoms with Crippen molar-refractivity contribution in [3.63, 3.8) is 0 Å². The molecule has 27 heavy (non-hydrogen) atoms. The summed E-state index contributed by atoms with van der Waals surface area (Å²) in [6.07, 6.45) is 0. The SMILES string of the molecule is I.NC(=NCc1cc(Cl)ccc1N1CCOCC1)Nc1cc(F)ccc1F. The van der Waals surface area contributed by atoms with Crippen molar-refractivity contribution in [2.75, 3.05) is 36.5 Å². The number of benzene rings is 2.